The standard InChI is InChI=1S/C22H16ClN5O2S/c23-16-11-13-19(14-12-16)31-22-20(28(29)30)21(24-15-25-22)26-27(17-7-3-1-4-8-17)18-9-5-2-6-10-18/h1-15H,(H,24,25,26). The van der Waals surface area contributed by atoms with Gasteiger partial charge in [0.05, 0.1) is 16.3 Å². The van der Waals surface area contributed by atoms with E-state index in [1.807, 2.05) is 60.7 Å². The minimum atomic E-state index is -0.477. The Labute approximate surface area is 187 Å². The van der Waals surface area contributed by atoms with Gasteiger partial charge < -0.3 is 0 Å². The van der Waals surface area contributed by atoms with Gasteiger partial charge in [-0.3, -0.25) is 20.5 Å². The minimum absolute atomic E-state index is 0.0872. The van der Waals surface area contributed by atoms with Crippen molar-refractivity contribution in [3.63, 3.8) is 0 Å². The van der Waals surface area contributed by atoms with Gasteiger partial charge >= 0.3 is 5.69 Å². The normalized spacial score (nSPS) is 10.5. The first kappa shape index (κ1) is 20.6. The number of nitrogens with zero attached hydrogens (tertiary/aromatic N) is 4. The molecule has 31 heavy (non-hydrogen) atoms. The van der Waals surface area contributed by atoms with Gasteiger partial charge in [0.2, 0.25) is 5.82 Å². The minimum Gasteiger partial charge on any atom is -0.271 e. The van der Waals surface area contributed by atoms with E-state index in [-0.39, 0.29) is 16.5 Å². The highest BCUT2D eigenvalue weighted by molar-refractivity contribution is 7.99. The molecule has 4 rings (SSSR count). The Morgan fingerprint density at radius 1 is 0.871 bits per heavy atom. The van der Waals surface area contributed by atoms with Crippen LogP contribution in [-0.4, -0.2) is 14.9 Å². The summed E-state index contributed by atoms with van der Waals surface area (Å²) in [4.78, 5) is 20.6. The quantitative estimate of drug-likeness (QED) is 0.200. The van der Waals surface area contributed by atoms with Crippen molar-refractivity contribution in [2.75, 3.05) is 10.4 Å². The number of nitro groups is 1. The third-order valence-electron chi connectivity index (χ3n) is 4.25. The Morgan fingerprint density at radius 3 is 2.00 bits per heavy atom. The molecule has 0 saturated heterocycles. The maximum Gasteiger partial charge on any atom is 0.345 e. The van der Waals surface area contributed by atoms with Crippen LogP contribution in [-0.2, 0) is 0 Å². The molecule has 0 fully saturated rings. The topological polar surface area (TPSA) is 84.2 Å². The van der Waals surface area contributed by atoms with Crippen LogP contribution in [0.15, 0.2) is 101 Å². The summed E-state index contributed by atoms with van der Waals surface area (Å²) in [6, 6.07) is 26.0. The summed E-state index contributed by atoms with van der Waals surface area (Å²) in [6.45, 7) is 0. The number of para-hydroxylation sites is 2. The molecule has 3 aromatic carbocycles. The SMILES string of the molecule is O=[N+]([O-])c1c(NN(c2ccccc2)c2ccccc2)ncnc1Sc1ccc(Cl)cc1. The summed E-state index contributed by atoms with van der Waals surface area (Å²) in [7, 11) is 0. The van der Waals surface area contributed by atoms with Gasteiger partial charge in [0, 0.05) is 9.92 Å². The van der Waals surface area contributed by atoms with Crippen LogP contribution < -0.4 is 10.4 Å². The molecule has 0 radical (unpaired) electrons. The van der Waals surface area contributed by atoms with Crippen molar-refractivity contribution in [1.29, 1.82) is 0 Å². The van der Waals surface area contributed by atoms with E-state index in [9.17, 15) is 10.1 Å². The second kappa shape index (κ2) is 9.46. The van der Waals surface area contributed by atoms with Crippen molar-refractivity contribution >= 4 is 46.2 Å². The van der Waals surface area contributed by atoms with E-state index in [1.54, 1.807) is 29.3 Å². The summed E-state index contributed by atoms with van der Waals surface area (Å²) in [5.74, 6) is 0.0872. The second-order valence-electron chi connectivity index (χ2n) is 6.31. The van der Waals surface area contributed by atoms with Crippen LogP contribution in [0.5, 0.6) is 0 Å². The molecule has 1 N–H and O–H groups in total. The molecule has 1 aromatic heterocycles. The van der Waals surface area contributed by atoms with Crippen LogP contribution in [0.1, 0.15) is 0 Å². The lowest BCUT2D eigenvalue weighted by molar-refractivity contribution is -0.387. The van der Waals surface area contributed by atoms with Crippen LogP contribution in [0.4, 0.5) is 22.9 Å². The highest BCUT2D eigenvalue weighted by Crippen LogP contribution is 2.38. The second-order valence-corrected chi connectivity index (χ2v) is 7.81. The average molecular weight is 450 g/mol. The van der Waals surface area contributed by atoms with E-state index < -0.39 is 4.92 Å². The average Bonchev–Trinajstić information content (AvgIpc) is 2.80. The summed E-state index contributed by atoms with van der Waals surface area (Å²) in [6.07, 6.45) is 1.31. The lowest BCUT2D eigenvalue weighted by Gasteiger charge is -2.25. The summed E-state index contributed by atoms with van der Waals surface area (Å²) in [5, 5.41) is 14.5. The van der Waals surface area contributed by atoms with Crippen LogP contribution in [0.3, 0.4) is 0 Å². The molecule has 0 unspecified atom stereocenters. The van der Waals surface area contributed by atoms with Gasteiger partial charge in [-0.15, -0.1) is 0 Å². The zero-order valence-corrected chi connectivity index (χ0v) is 17.6. The Morgan fingerprint density at radius 2 is 1.45 bits per heavy atom. The molecule has 0 spiro atoms. The lowest BCUT2D eigenvalue weighted by atomic mass is 10.2. The van der Waals surface area contributed by atoms with E-state index in [1.165, 1.54) is 18.1 Å². The van der Waals surface area contributed by atoms with Gasteiger partial charge in [0.15, 0.2) is 5.03 Å². The van der Waals surface area contributed by atoms with Crippen LogP contribution >= 0.6 is 23.4 Å². The number of hydrogen-bond donors (Lipinski definition) is 1. The number of hydrazine groups is 1. The van der Waals surface area contributed by atoms with Crippen LogP contribution in [0.2, 0.25) is 5.02 Å². The molecule has 0 saturated carbocycles. The molecule has 0 atom stereocenters. The molecule has 0 aliphatic rings. The molecule has 0 amide bonds. The largest absolute Gasteiger partial charge is 0.345 e. The predicted molar refractivity (Wildman–Crippen MR) is 123 cm³/mol. The third kappa shape index (κ3) is 4.93. The zero-order valence-electron chi connectivity index (χ0n) is 16.1. The Hall–Kier alpha value is -3.62. The molecule has 9 heteroatoms. The fourth-order valence-electron chi connectivity index (χ4n) is 2.84. The van der Waals surface area contributed by atoms with Gasteiger partial charge in [-0.05, 0) is 48.5 Å². The number of rotatable bonds is 7. The first-order valence-corrected chi connectivity index (χ1v) is 10.4. The highest BCUT2D eigenvalue weighted by Gasteiger charge is 2.25. The van der Waals surface area contributed by atoms with Crippen molar-refractivity contribution in [2.45, 2.75) is 9.92 Å². The van der Waals surface area contributed by atoms with Gasteiger partial charge in [-0.25, -0.2) is 9.97 Å². The van der Waals surface area contributed by atoms with E-state index in [4.69, 9.17) is 11.6 Å². The van der Waals surface area contributed by atoms with Gasteiger partial charge in [0.1, 0.15) is 6.33 Å². The van der Waals surface area contributed by atoms with Gasteiger partial charge in [-0.2, -0.15) is 0 Å². The van der Waals surface area contributed by atoms with Crippen LogP contribution in [0.25, 0.3) is 0 Å². The lowest BCUT2D eigenvalue weighted by Crippen LogP contribution is -2.25. The van der Waals surface area contributed by atoms with Crippen molar-refractivity contribution in [2.24, 2.45) is 0 Å². The Balaban J connectivity index is 1.74. The first-order valence-electron chi connectivity index (χ1n) is 9.21. The van der Waals surface area contributed by atoms with Gasteiger partial charge in [-0.1, -0.05) is 59.8 Å². The summed E-state index contributed by atoms with van der Waals surface area (Å²) >= 11 is 7.11. The van der Waals surface area contributed by atoms with E-state index in [0.717, 1.165) is 16.3 Å². The monoisotopic (exact) mass is 449 g/mol. The number of aromatic nitrogens is 2. The number of hydrogen-bond acceptors (Lipinski definition) is 7. The summed E-state index contributed by atoms with van der Waals surface area (Å²) < 4.78 is 0. The predicted octanol–water partition coefficient (Wildman–Crippen LogP) is 6.35. The van der Waals surface area contributed by atoms with Gasteiger partial charge in [0.25, 0.3) is 0 Å². The number of anilines is 3. The van der Waals surface area contributed by atoms with E-state index in [2.05, 4.69) is 15.4 Å². The zero-order chi connectivity index (χ0) is 21.6. The smallest absolute Gasteiger partial charge is 0.271 e. The van der Waals surface area contributed by atoms with Crippen molar-refractivity contribution in [3.8, 4) is 0 Å². The Bertz CT molecular complexity index is 1140. The number of nitrogens with one attached hydrogen (secondary N) is 1. The molecular weight excluding hydrogens is 434 g/mol. The Kier molecular flexibility index (Phi) is 6.30. The van der Waals surface area contributed by atoms with E-state index in [0.29, 0.717) is 5.02 Å². The number of halogens is 1. The molecular formula is C22H16ClN5O2S. The third-order valence-corrected chi connectivity index (χ3v) is 5.50. The number of benzene rings is 3. The van der Waals surface area contributed by atoms with Crippen molar-refractivity contribution in [1.82, 2.24) is 9.97 Å². The molecule has 4 aromatic rings. The maximum absolute atomic E-state index is 12.0. The molecule has 0 aliphatic heterocycles. The highest BCUT2D eigenvalue weighted by atomic mass is 35.5. The molecule has 1 heterocycles. The van der Waals surface area contributed by atoms with E-state index >= 15 is 0 Å². The fraction of sp³-hybridized carbons (Fsp3) is 0. The molecule has 7 nitrogen and oxygen atoms in total. The van der Waals surface area contributed by atoms with Crippen LogP contribution in [0, 0.1) is 10.1 Å². The molecule has 0 bridgehead atoms. The van der Waals surface area contributed by atoms with Crippen molar-refractivity contribution in [3.05, 3.63) is 106 Å². The fourth-order valence-corrected chi connectivity index (χ4v) is 3.83. The maximum atomic E-state index is 12.0. The van der Waals surface area contributed by atoms with Crippen molar-refractivity contribution < 1.29 is 4.92 Å². The molecule has 0 aliphatic carbocycles. The summed E-state index contributed by atoms with van der Waals surface area (Å²) in [5.41, 5.74) is 4.49. The first-order chi connectivity index (χ1) is 15.1. The molecule has 154 valence electrons.